The van der Waals surface area contributed by atoms with Crippen LogP contribution in [-0.4, -0.2) is 19.3 Å². The molecule has 5 heteroatoms. The topological polar surface area (TPSA) is 29.3 Å². The summed E-state index contributed by atoms with van der Waals surface area (Å²) in [4.78, 5) is 1.34. The Morgan fingerprint density at radius 3 is 2.41 bits per heavy atom. The third-order valence-electron chi connectivity index (χ3n) is 2.43. The van der Waals surface area contributed by atoms with E-state index >= 15 is 0 Å². The molecule has 0 atom stereocenters. The number of nitrogens with zero attached hydrogens (tertiary/aromatic N) is 1. The van der Waals surface area contributed by atoms with Gasteiger partial charge in [-0.2, -0.15) is 13.2 Å². The number of nitrogen functional groups attached to an aromatic ring is 1. The van der Waals surface area contributed by atoms with Gasteiger partial charge in [-0.15, -0.1) is 0 Å². The molecule has 0 aliphatic carbocycles. The van der Waals surface area contributed by atoms with Crippen LogP contribution in [0.2, 0.25) is 0 Å². The van der Waals surface area contributed by atoms with E-state index in [-0.39, 0.29) is 0 Å². The summed E-state index contributed by atoms with van der Waals surface area (Å²) in [5, 5.41) is 0. The van der Waals surface area contributed by atoms with Crippen LogP contribution in [0.25, 0.3) is 0 Å². The molecule has 1 rings (SSSR count). The van der Waals surface area contributed by atoms with Crippen molar-refractivity contribution < 1.29 is 13.2 Å². The Morgan fingerprint density at radius 1 is 1.29 bits per heavy atom. The van der Waals surface area contributed by atoms with Crippen LogP contribution in [-0.2, 0) is 0 Å². The maximum atomic E-state index is 12.5. The van der Waals surface area contributed by atoms with Crippen molar-refractivity contribution in [2.24, 2.45) is 0 Å². The van der Waals surface area contributed by atoms with Crippen LogP contribution in [0.4, 0.5) is 24.5 Å². The van der Waals surface area contributed by atoms with Gasteiger partial charge in [-0.3, -0.25) is 0 Å². The van der Waals surface area contributed by atoms with Gasteiger partial charge in [0.05, 0.1) is 0 Å². The summed E-state index contributed by atoms with van der Waals surface area (Å²) in [5.41, 5.74) is 7.51. The molecule has 0 amide bonds. The number of hydrogen-bond donors (Lipinski definition) is 1. The van der Waals surface area contributed by atoms with Crippen molar-refractivity contribution in [1.82, 2.24) is 0 Å². The van der Waals surface area contributed by atoms with Crippen molar-refractivity contribution >= 4 is 11.4 Å². The minimum atomic E-state index is -4.19. The Morgan fingerprint density at radius 2 is 1.94 bits per heavy atom. The number of rotatable bonds is 4. The van der Waals surface area contributed by atoms with E-state index in [1.165, 1.54) is 4.90 Å². The fourth-order valence-corrected chi connectivity index (χ4v) is 1.80. The molecule has 0 heterocycles. The first-order valence-corrected chi connectivity index (χ1v) is 5.51. The molecule has 0 aliphatic heterocycles. The van der Waals surface area contributed by atoms with Crippen LogP contribution in [0.15, 0.2) is 18.2 Å². The van der Waals surface area contributed by atoms with Gasteiger partial charge in [-0.1, -0.05) is 6.92 Å². The van der Waals surface area contributed by atoms with Crippen LogP contribution in [0, 0.1) is 6.92 Å². The molecule has 0 aliphatic rings. The highest BCUT2D eigenvalue weighted by Crippen LogP contribution is 2.26. The average molecular weight is 246 g/mol. The van der Waals surface area contributed by atoms with Crippen molar-refractivity contribution in [1.29, 1.82) is 0 Å². The molecule has 0 unspecified atom stereocenters. The highest BCUT2D eigenvalue weighted by molar-refractivity contribution is 5.59. The number of nitrogens with two attached hydrogens (primary N) is 1. The molecular weight excluding hydrogens is 229 g/mol. The maximum Gasteiger partial charge on any atom is 0.405 e. The minimum absolute atomic E-state index is 0.379. The lowest BCUT2D eigenvalue weighted by Gasteiger charge is -2.27. The van der Waals surface area contributed by atoms with Gasteiger partial charge in [0.1, 0.15) is 6.54 Å². The van der Waals surface area contributed by atoms with Gasteiger partial charge in [0.15, 0.2) is 0 Å². The van der Waals surface area contributed by atoms with Crippen LogP contribution < -0.4 is 10.6 Å². The molecule has 0 saturated heterocycles. The van der Waals surface area contributed by atoms with Crippen molar-refractivity contribution in [2.75, 3.05) is 23.7 Å². The van der Waals surface area contributed by atoms with E-state index < -0.39 is 12.7 Å². The SMILES string of the molecule is CCCN(CC(F)(F)F)c1ccc(N)cc1C. The number of aryl methyl sites for hydroxylation is 1. The molecule has 2 N–H and O–H groups in total. The summed E-state index contributed by atoms with van der Waals surface area (Å²) in [6.45, 7) is 3.08. The van der Waals surface area contributed by atoms with Crippen molar-refractivity contribution in [3.05, 3.63) is 23.8 Å². The van der Waals surface area contributed by atoms with Gasteiger partial charge in [0.25, 0.3) is 0 Å². The van der Waals surface area contributed by atoms with Crippen LogP contribution >= 0.6 is 0 Å². The summed E-state index contributed by atoms with van der Waals surface area (Å²) >= 11 is 0. The monoisotopic (exact) mass is 246 g/mol. The predicted octanol–water partition coefficient (Wildman–Crippen LogP) is 3.36. The molecule has 0 fully saturated rings. The molecule has 1 aromatic rings. The third-order valence-corrected chi connectivity index (χ3v) is 2.43. The van der Waals surface area contributed by atoms with Gasteiger partial charge in [-0.25, -0.2) is 0 Å². The Hall–Kier alpha value is -1.39. The van der Waals surface area contributed by atoms with E-state index in [0.717, 1.165) is 5.56 Å². The Bertz CT molecular complexity index is 375. The second-order valence-corrected chi connectivity index (χ2v) is 4.08. The average Bonchev–Trinajstić information content (AvgIpc) is 2.14. The van der Waals surface area contributed by atoms with Gasteiger partial charge in [0, 0.05) is 17.9 Å². The highest BCUT2D eigenvalue weighted by Gasteiger charge is 2.31. The van der Waals surface area contributed by atoms with E-state index in [1.54, 1.807) is 25.1 Å². The smallest absolute Gasteiger partial charge is 0.399 e. The standard InChI is InChI=1S/C12H17F3N2/c1-3-6-17(8-12(13,14)15)11-5-4-10(16)7-9(11)2/h4-5,7H,3,6,8,16H2,1-2H3. The molecule has 1 aromatic carbocycles. The zero-order valence-corrected chi connectivity index (χ0v) is 10.0. The summed E-state index contributed by atoms with van der Waals surface area (Å²) < 4.78 is 37.4. The molecule has 0 aromatic heterocycles. The molecule has 17 heavy (non-hydrogen) atoms. The van der Waals surface area contributed by atoms with Crippen molar-refractivity contribution in [2.45, 2.75) is 26.4 Å². The molecule has 2 nitrogen and oxygen atoms in total. The van der Waals surface area contributed by atoms with Crippen molar-refractivity contribution in [3.8, 4) is 0 Å². The lowest BCUT2D eigenvalue weighted by Crippen LogP contribution is -2.35. The van der Waals surface area contributed by atoms with E-state index in [2.05, 4.69) is 0 Å². The number of anilines is 2. The predicted molar refractivity (Wildman–Crippen MR) is 64.2 cm³/mol. The first-order chi connectivity index (χ1) is 7.83. The van der Waals surface area contributed by atoms with Gasteiger partial charge in [0.2, 0.25) is 0 Å². The largest absolute Gasteiger partial charge is 0.405 e. The summed E-state index contributed by atoms with van der Waals surface area (Å²) in [6, 6.07) is 4.96. The summed E-state index contributed by atoms with van der Waals surface area (Å²) in [6.07, 6.45) is -3.52. The molecular formula is C12H17F3N2. The Kier molecular flexibility index (Phi) is 4.26. The fourth-order valence-electron chi connectivity index (χ4n) is 1.80. The van der Waals surface area contributed by atoms with E-state index in [1.807, 2.05) is 6.92 Å². The second-order valence-electron chi connectivity index (χ2n) is 4.08. The van der Waals surface area contributed by atoms with Gasteiger partial charge < -0.3 is 10.6 Å². The molecule has 0 bridgehead atoms. The zero-order chi connectivity index (χ0) is 13.1. The Balaban J connectivity index is 2.97. The lowest BCUT2D eigenvalue weighted by atomic mass is 10.1. The van der Waals surface area contributed by atoms with Crippen LogP contribution in [0.3, 0.4) is 0 Å². The van der Waals surface area contributed by atoms with Gasteiger partial charge >= 0.3 is 6.18 Å². The number of hydrogen-bond acceptors (Lipinski definition) is 2. The number of benzene rings is 1. The molecule has 96 valence electrons. The lowest BCUT2D eigenvalue weighted by molar-refractivity contribution is -0.119. The molecule has 0 spiro atoms. The maximum absolute atomic E-state index is 12.5. The number of halogens is 3. The van der Waals surface area contributed by atoms with Gasteiger partial charge in [-0.05, 0) is 37.1 Å². The zero-order valence-electron chi connectivity index (χ0n) is 10.0. The van der Waals surface area contributed by atoms with Crippen LogP contribution in [0.5, 0.6) is 0 Å². The second kappa shape index (κ2) is 5.29. The first kappa shape index (κ1) is 13.7. The normalized spacial score (nSPS) is 11.6. The fraction of sp³-hybridized carbons (Fsp3) is 0.500. The van der Waals surface area contributed by atoms with E-state index in [9.17, 15) is 13.2 Å². The molecule has 0 saturated carbocycles. The highest BCUT2D eigenvalue weighted by atomic mass is 19.4. The number of alkyl halides is 3. The van der Waals surface area contributed by atoms with Crippen LogP contribution in [0.1, 0.15) is 18.9 Å². The quantitative estimate of drug-likeness (QED) is 0.825. The summed E-state index contributed by atoms with van der Waals surface area (Å²) in [7, 11) is 0. The third kappa shape index (κ3) is 4.17. The summed E-state index contributed by atoms with van der Waals surface area (Å²) in [5.74, 6) is 0. The molecule has 0 radical (unpaired) electrons. The Labute approximate surface area is 99.2 Å². The van der Waals surface area contributed by atoms with E-state index in [4.69, 9.17) is 5.73 Å². The first-order valence-electron chi connectivity index (χ1n) is 5.51. The van der Waals surface area contributed by atoms with Crippen molar-refractivity contribution in [3.63, 3.8) is 0 Å². The minimum Gasteiger partial charge on any atom is -0.399 e. The van der Waals surface area contributed by atoms with E-state index in [0.29, 0.717) is 24.3 Å².